The van der Waals surface area contributed by atoms with Crippen LogP contribution in [0.2, 0.25) is 5.02 Å². The Balaban J connectivity index is 1.97. The number of Topliss-reactive ketones (excluding diaryl/α,β-unsaturated/α-hetero) is 1. The van der Waals surface area contributed by atoms with Crippen LogP contribution in [0, 0.1) is 11.8 Å². The third kappa shape index (κ3) is 3.35. The van der Waals surface area contributed by atoms with E-state index in [4.69, 9.17) is 11.6 Å². The molecule has 2 rings (SSSR count). The van der Waals surface area contributed by atoms with Gasteiger partial charge in [-0.25, -0.2) is 0 Å². The van der Waals surface area contributed by atoms with Crippen LogP contribution in [0.5, 0.6) is 0 Å². The van der Waals surface area contributed by atoms with Gasteiger partial charge in [0.1, 0.15) is 5.78 Å². The first kappa shape index (κ1) is 13.6. The predicted molar refractivity (Wildman–Crippen MR) is 75.9 cm³/mol. The number of rotatable bonds is 4. The number of carbonyl (C=O) groups is 1. The van der Waals surface area contributed by atoms with Crippen LogP contribution in [-0.2, 0) is 11.2 Å². The van der Waals surface area contributed by atoms with Crippen LogP contribution in [0.3, 0.4) is 0 Å². The van der Waals surface area contributed by atoms with Gasteiger partial charge in [-0.3, -0.25) is 4.79 Å². The molecule has 0 N–H and O–H groups in total. The third-order valence-electron chi connectivity index (χ3n) is 4.14. The van der Waals surface area contributed by atoms with Crippen molar-refractivity contribution in [3.8, 4) is 0 Å². The molecular formula is C16H21ClO. The molecule has 0 spiro atoms. The van der Waals surface area contributed by atoms with Crippen LogP contribution in [0.25, 0.3) is 0 Å². The van der Waals surface area contributed by atoms with Gasteiger partial charge < -0.3 is 0 Å². The van der Waals surface area contributed by atoms with Gasteiger partial charge in [-0.2, -0.15) is 0 Å². The molecule has 1 aromatic carbocycles. The van der Waals surface area contributed by atoms with E-state index in [9.17, 15) is 4.79 Å². The van der Waals surface area contributed by atoms with Gasteiger partial charge in [0.05, 0.1) is 0 Å². The monoisotopic (exact) mass is 264 g/mol. The maximum Gasteiger partial charge on any atom is 0.140 e. The number of hydrogen-bond acceptors (Lipinski definition) is 1. The fourth-order valence-electron chi connectivity index (χ4n) is 2.93. The summed E-state index contributed by atoms with van der Waals surface area (Å²) in [5.74, 6) is 1.39. The highest BCUT2D eigenvalue weighted by Gasteiger charge is 2.26. The molecule has 0 aliphatic heterocycles. The van der Waals surface area contributed by atoms with Gasteiger partial charge in [-0.05, 0) is 30.4 Å². The number of hydrogen-bond donors (Lipinski definition) is 0. The standard InChI is InChI=1S/C16H21ClO/c1-2-12-6-5-8-14(10-12)16(18)11-13-7-3-4-9-15(13)17/h3-4,7,9,12,14H,2,5-6,8,10-11H2,1H3. The lowest BCUT2D eigenvalue weighted by Gasteiger charge is -2.27. The summed E-state index contributed by atoms with van der Waals surface area (Å²) in [6.07, 6.45) is 6.36. The molecular weight excluding hydrogens is 244 g/mol. The molecule has 0 bridgehead atoms. The highest BCUT2D eigenvalue weighted by atomic mass is 35.5. The molecule has 2 heteroatoms. The van der Waals surface area contributed by atoms with E-state index in [2.05, 4.69) is 6.92 Å². The summed E-state index contributed by atoms with van der Waals surface area (Å²) in [4.78, 5) is 12.3. The van der Waals surface area contributed by atoms with Crippen molar-refractivity contribution in [2.24, 2.45) is 11.8 Å². The molecule has 0 heterocycles. The van der Waals surface area contributed by atoms with Crippen molar-refractivity contribution in [1.82, 2.24) is 0 Å². The smallest absolute Gasteiger partial charge is 0.140 e. The summed E-state index contributed by atoms with van der Waals surface area (Å²) < 4.78 is 0. The van der Waals surface area contributed by atoms with E-state index in [0.29, 0.717) is 17.2 Å². The van der Waals surface area contributed by atoms with E-state index in [-0.39, 0.29) is 5.92 Å². The van der Waals surface area contributed by atoms with Crippen molar-refractivity contribution in [3.63, 3.8) is 0 Å². The molecule has 18 heavy (non-hydrogen) atoms. The fraction of sp³-hybridized carbons (Fsp3) is 0.562. The maximum atomic E-state index is 12.3. The van der Waals surface area contributed by atoms with E-state index in [1.165, 1.54) is 19.3 Å². The quantitative estimate of drug-likeness (QED) is 0.772. The Bertz CT molecular complexity index is 413. The Labute approximate surface area is 115 Å². The van der Waals surface area contributed by atoms with Gasteiger partial charge in [0.25, 0.3) is 0 Å². The molecule has 2 unspecified atom stereocenters. The Hall–Kier alpha value is -0.820. The first-order chi connectivity index (χ1) is 8.70. The van der Waals surface area contributed by atoms with Gasteiger partial charge in [0.2, 0.25) is 0 Å². The summed E-state index contributed by atoms with van der Waals surface area (Å²) in [6.45, 7) is 2.23. The molecule has 0 saturated heterocycles. The molecule has 98 valence electrons. The second-order valence-corrected chi connectivity index (χ2v) is 5.78. The van der Waals surface area contributed by atoms with Crippen LogP contribution in [0.15, 0.2) is 24.3 Å². The summed E-state index contributed by atoms with van der Waals surface area (Å²) in [5, 5.41) is 0.716. The first-order valence-corrected chi connectivity index (χ1v) is 7.34. The summed E-state index contributed by atoms with van der Waals surface area (Å²) in [7, 11) is 0. The Morgan fingerprint density at radius 2 is 2.11 bits per heavy atom. The molecule has 1 saturated carbocycles. The Morgan fingerprint density at radius 1 is 1.33 bits per heavy atom. The number of carbonyl (C=O) groups excluding carboxylic acids is 1. The SMILES string of the molecule is CCC1CCCC(C(=O)Cc2ccccc2Cl)C1. The van der Waals surface area contributed by atoms with Gasteiger partial charge >= 0.3 is 0 Å². The summed E-state index contributed by atoms with van der Waals surface area (Å²) >= 11 is 6.11. The average molecular weight is 265 g/mol. The van der Waals surface area contributed by atoms with E-state index >= 15 is 0 Å². The zero-order chi connectivity index (χ0) is 13.0. The predicted octanol–water partition coefficient (Wildman–Crippen LogP) is 4.67. The van der Waals surface area contributed by atoms with Crippen LogP contribution < -0.4 is 0 Å². The van der Waals surface area contributed by atoms with E-state index in [0.717, 1.165) is 24.3 Å². The van der Waals surface area contributed by atoms with Crippen molar-refractivity contribution < 1.29 is 4.79 Å². The zero-order valence-electron chi connectivity index (χ0n) is 11.0. The Kier molecular flexibility index (Phi) is 4.82. The minimum Gasteiger partial charge on any atom is -0.299 e. The second-order valence-electron chi connectivity index (χ2n) is 5.37. The van der Waals surface area contributed by atoms with Crippen molar-refractivity contribution in [2.75, 3.05) is 0 Å². The molecule has 1 nitrogen and oxygen atoms in total. The van der Waals surface area contributed by atoms with E-state index in [1.807, 2.05) is 24.3 Å². The highest BCUT2D eigenvalue weighted by molar-refractivity contribution is 6.31. The van der Waals surface area contributed by atoms with Crippen molar-refractivity contribution in [1.29, 1.82) is 0 Å². The summed E-state index contributed by atoms with van der Waals surface area (Å²) in [5.41, 5.74) is 0.975. The van der Waals surface area contributed by atoms with E-state index < -0.39 is 0 Å². The molecule has 1 fully saturated rings. The van der Waals surface area contributed by atoms with Crippen molar-refractivity contribution in [3.05, 3.63) is 34.9 Å². The van der Waals surface area contributed by atoms with Crippen LogP contribution in [-0.4, -0.2) is 5.78 Å². The minimum absolute atomic E-state index is 0.264. The highest BCUT2D eigenvalue weighted by Crippen LogP contribution is 2.32. The molecule has 1 aromatic rings. The average Bonchev–Trinajstić information content (AvgIpc) is 2.41. The van der Waals surface area contributed by atoms with Gasteiger partial charge in [0.15, 0.2) is 0 Å². The molecule has 1 aliphatic carbocycles. The maximum absolute atomic E-state index is 12.3. The molecule has 1 aliphatic rings. The summed E-state index contributed by atoms with van der Waals surface area (Å²) in [6, 6.07) is 7.68. The lowest BCUT2D eigenvalue weighted by atomic mass is 9.77. The first-order valence-electron chi connectivity index (χ1n) is 6.96. The molecule has 0 amide bonds. The van der Waals surface area contributed by atoms with Crippen LogP contribution >= 0.6 is 11.6 Å². The second kappa shape index (κ2) is 6.38. The minimum atomic E-state index is 0.264. The molecule has 0 radical (unpaired) electrons. The zero-order valence-corrected chi connectivity index (χ0v) is 11.7. The van der Waals surface area contributed by atoms with Crippen LogP contribution in [0.4, 0.5) is 0 Å². The lowest BCUT2D eigenvalue weighted by Crippen LogP contribution is -2.24. The fourth-order valence-corrected chi connectivity index (χ4v) is 3.13. The molecule has 2 atom stereocenters. The number of benzene rings is 1. The Morgan fingerprint density at radius 3 is 2.83 bits per heavy atom. The topological polar surface area (TPSA) is 17.1 Å². The normalized spacial score (nSPS) is 23.9. The van der Waals surface area contributed by atoms with Crippen molar-refractivity contribution >= 4 is 17.4 Å². The molecule has 0 aromatic heterocycles. The van der Waals surface area contributed by atoms with Crippen LogP contribution in [0.1, 0.15) is 44.6 Å². The number of ketones is 1. The number of halogens is 1. The van der Waals surface area contributed by atoms with E-state index in [1.54, 1.807) is 0 Å². The van der Waals surface area contributed by atoms with Gasteiger partial charge in [0, 0.05) is 17.4 Å². The largest absolute Gasteiger partial charge is 0.299 e. The van der Waals surface area contributed by atoms with Gasteiger partial charge in [-0.1, -0.05) is 56.0 Å². The third-order valence-corrected chi connectivity index (χ3v) is 4.51. The van der Waals surface area contributed by atoms with Crippen molar-refractivity contribution in [2.45, 2.75) is 45.4 Å². The lowest BCUT2D eigenvalue weighted by molar-refractivity contribution is -0.123. The van der Waals surface area contributed by atoms with Gasteiger partial charge in [-0.15, -0.1) is 0 Å².